The van der Waals surface area contributed by atoms with Gasteiger partial charge in [-0.15, -0.1) is 12.3 Å². The van der Waals surface area contributed by atoms with Crippen molar-refractivity contribution in [1.82, 2.24) is 0 Å². The molecule has 0 aliphatic rings. The summed E-state index contributed by atoms with van der Waals surface area (Å²) < 4.78 is 4.96. The zero-order valence-corrected chi connectivity index (χ0v) is 4.89. The molecule has 2 heteroatoms. The summed E-state index contributed by atoms with van der Waals surface area (Å²) in [6.07, 6.45) is 5.63. The van der Waals surface area contributed by atoms with Gasteiger partial charge in [0.1, 0.15) is 0 Å². The molecule has 0 saturated heterocycles. The Labute approximate surface area is 50.0 Å². The highest BCUT2D eigenvalue weighted by molar-refractivity contribution is 4.82. The number of hydrogen-bond acceptors (Lipinski definition) is 2. The molecule has 0 fully saturated rings. The Hall–Kier alpha value is -0.520. The van der Waals surface area contributed by atoms with Gasteiger partial charge < -0.3 is 10.5 Å². The molecule has 0 aliphatic heterocycles. The zero-order valence-electron chi connectivity index (χ0n) is 4.89. The highest BCUT2D eigenvalue weighted by atomic mass is 16.5. The fourth-order valence-corrected chi connectivity index (χ4v) is 0.316. The van der Waals surface area contributed by atoms with Gasteiger partial charge in [0, 0.05) is 13.0 Å². The second-order valence-corrected chi connectivity index (χ2v) is 1.36. The van der Waals surface area contributed by atoms with Gasteiger partial charge in [-0.1, -0.05) is 0 Å². The smallest absolute Gasteiger partial charge is 0.0589 e. The molecule has 0 unspecified atom stereocenters. The van der Waals surface area contributed by atoms with Gasteiger partial charge in [-0.2, -0.15) is 0 Å². The van der Waals surface area contributed by atoms with Crippen LogP contribution in [0.25, 0.3) is 0 Å². The summed E-state index contributed by atoms with van der Waals surface area (Å²) in [6.45, 7) is 1.82. The van der Waals surface area contributed by atoms with Gasteiger partial charge in [0.15, 0.2) is 0 Å². The molecule has 46 valence electrons. The van der Waals surface area contributed by atoms with E-state index in [0.29, 0.717) is 26.2 Å². The SMILES string of the molecule is C#CCCOCCN. The van der Waals surface area contributed by atoms with Crippen LogP contribution in [0.5, 0.6) is 0 Å². The Morgan fingerprint density at radius 2 is 2.25 bits per heavy atom. The van der Waals surface area contributed by atoms with E-state index < -0.39 is 0 Å². The van der Waals surface area contributed by atoms with Crippen LogP contribution in [0.15, 0.2) is 0 Å². The van der Waals surface area contributed by atoms with Crippen LogP contribution in [0.4, 0.5) is 0 Å². The fraction of sp³-hybridized carbons (Fsp3) is 0.667. The average molecular weight is 113 g/mol. The molecule has 0 heterocycles. The Morgan fingerprint density at radius 3 is 2.75 bits per heavy atom. The average Bonchev–Trinajstić information content (AvgIpc) is 1.81. The molecular formula is C6H11NO. The van der Waals surface area contributed by atoms with Gasteiger partial charge in [0.25, 0.3) is 0 Å². The summed E-state index contributed by atoms with van der Waals surface area (Å²) in [5.41, 5.74) is 5.13. The standard InChI is InChI=1S/C6H11NO/c1-2-3-5-8-6-4-7/h1H,3-7H2. The van der Waals surface area contributed by atoms with Crippen LogP contribution in [0.2, 0.25) is 0 Å². The highest BCUT2D eigenvalue weighted by Crippen LogP contribution is 1.76. The first-order chi connectivity index (χ1) is 3.91. The van der Waals surface area contributed by atoms with E-state index in [1.54, 1.807) is 0 Å². The molecule has 0 atom stereocenters. The second-order valence-electron chi connectivity index (χ2n) is 1.36. The largest absolute Gasteiger partial charge is 0.379 e. The van der Waals surface area contributed by atoms with E-state index in [1.165, 1.54) is 0 Å². The molecule has 0 amide bonds. The predicted octanol–water partition coefficient (Wildman–Crippen LogP) is -0.0150. The van der Waals surface area contributed by atoms with Gasteiger partial charge in [-0.3, -0.25) is 0 Å². The van der Waals surface area contributed by atoms with Gasteiger partial charge in [-0.05, 0) is 0 Å². The molecule has 0 rings (SSSR count). The van der Waals surface area contributed by atoms with Crippen molar-refractivity contribution in [2.75, 3.05) is 19.8 Å². The Bertz CT molecular complexity index is 75.1. The molecule has 0 aromatic rings. The van der Waals surface area contributed by atoms with Crippen LogP contribution in [-0.2, 0) is 4.74 Å². The number of ether oxygens (including phenoxy) is 1. The lowest BCUT2D eigenvalue weighted by atomic mass is 10.5. The predicted molar refractivity (Wildman–Crippen MR) is 33.3 cm³/mol. The maximum Gasteiger partial charge on any atom is 0.0589 e. The molecule has 0 aromatic carbocycles. The monoisotopic (exact) mass is 113 g/mol. The van der Waals surface area contributed by atoms with Crippen molar-refractivity contribution in [3.8, 4) is 12.3 Å². The molecular weight excluding hydrogens is 102 g/mol. The van der Waals surface area contributed by atoms with Crippen molar-refractivity contribution in [2.24, 2.45) is 5.73 Å². The molecule has 0 aromatic heterocycles. The summed E-state index contributed by atoms with van der Waals surface area (Å²) in [6, 6.07) is 0. The Morgan fingerprint density at radius 1 is 1.50 bits per heavy atom. The third kappa shape index (κ3) is 5.48. The van der Waals surface area contributed by atoms with Gasteiger partial charge in [0.05, 0.1) is 13.2 Å². The molecule has 2 N–H and O–H groups in total. The molecule has 8 heavy (non-hydrogen) atoms. The lowest BCUT2D eigenvalue weighted by Gasteiger charge is -1.95. The Kier molecular flexibility index (Phi) is 6.06. The lowest BCUT2D eigenvalue weighted by Crippen LogP contribution is -2.08. The molecule has 0 radical (unpaired) electrons. The molecule has 0 bridgehead atoms. The van der Waals surface area contributed by atoms with Gasteiger partial charge in [0.2, 0.25) is 0 Å². The molecule has 0 aliphatic carbocycles. The number of hydrogen-bond donors (Lipinski definition) is 1. The van der Waals surface area contributed by atoms with Crippen molar-refractivity contribution in [1.29, 1.82) is 0 Å². The van der Waals surface area contributed by atoms with Gasteiger partial charge >= 0.3 is 0 Å². The van der Waals surface area contributed by atoms with Crippen molar-refractivity contribution in [3.63, 3.8) is 0 Å². The van der Waals surface area contributed by atoms with Crippen LogP contribution in [0, 0.1) is 12.3 Å². The molecule has 0 spiro atoms. The molecule has 2 nitrogen and oxygen atoms in total. The first-order valence-electron chi connectivity index (χ1n) is 2.63. The van der Waals surface area contributed by atoms with E-state index in [2.05, 4.69) is 5.92 Å². The van der Waals surface area contributed by atoms with Crippen LogP contribution in [0.1, 0.15) is 6.42 Å². The van der Waals surface area contributed by atoms with Gasteiger partial charge in [-0.25, -0.2) is 0 Å². The molecule has 0 saturated carbocycles. The number of terminal acetylenes is 1. The quantitative estimate of drug-likeness (QED) is 0.411. The Balaban J connectivity index is 2.65. The van der Waals surface area contributed by atoms with Crippen molar-refractivity contribution < 1.29 is 4.74 Å². The van der Waals surface area contributed by atoms with Crippen LogP contribution in [-0.4, -0.2) is 19.8 Å². The third-order valence-electron chi connectivity index (χ3n) is 0.653. The minimum Gasteiger partial charge on any atom is -0.379 e. The topological polar surface area (TPSA) is 35.2 Å². The maximum atomic E-state index is 5.13. The van der Waals surface area contributed by atoms with Crippen molar-refractivity contribution in [2.45, 2.75) is 6.42 Å². The van der Waals surface area contributed by atoms with E-state index in [4.69, 9.17) is 16.9 Å². The van der Waals surface area contributed by atoms with E-state index >= 15 is 0 Å². The highest BCUT2D eigenvalue weighted by Gasteiger charge is 1.79. The van der Waals surface area contributed by atoms with E-state index in [9.17, 15) is 0 Å². The van der Waals surface area contributed by atoms with Crippen molar-refractivity contribution in [3.05, 3.63) is 0 Å². The van der Waals surface area contributed by atoms with Crippen LogP contribution >= 0.6 is 0 Å². The number of rotatable bonds is 4. The zero-order chi connectivity index (χ0) is 6.24. The van der Waals surface area contributed by atoms with E-state index in [-0.39, 0.29) is 0 Å². The third-order valence-corrected chi connectivity index (χ3v) is 0.653. The normalized spacial score (nSPS) is 8.50. The summed E-state index contributed by atoms with van der Waals surface area (Å²) in [5, 5.41) is 0. The summed E-state index contributed by atoms with van der Waals surface area (Å²) >= 11 is 0. The minimum atomic E-state index is 0.574. The van der Waals surface area contributed by atoms with E-state index in [0.717, 1.165) is 0 Å². The maximum absolute atomic E-state index is 5.13. The second kappa shape index (κ2) is 6.48. The first kappa shape index (κ1) is 7.48. The summed E-state index contributed by atoms with van der Waals surface area (Å²) in [4.78, 5) is 0. The first-order valence-corrected chi connectivity index (χ1v) is 2.63. The number of nitrogens with two attached hydrogens (primary N) is 1. The van der Waals surface area contributed by atoms with Crippen molar-refractivity contribution >= 4 is 0 Å². The van der Waals surface area contributed by atoms with Crippen LogP contribution < -0.4 is 5.73 Å². The minimum absolute atomic E-state index is 0.574. The summed E-state index contributed by atoms with van der Waals surface area (Å²) in [5.74, 6) is 2.46. The summed E-state index contributed by atoms with van der Waals surface area (Å²) in [7, 11) is 0. The lowest BCUT2D eigenvalue weighted by molar-refractivity contribution is 0.147. The van der Waals surface area contributed by atoms with Crippen LogP contribution in [0.3, 0.4) is 0 Å². The fourth-order valence-electron chi connectivity index (χ4n) is 0.316. The van der Waals surface area contributed by atoms with E-state index in [1.807, 2.05) is 0 Å².